The number of nitriles is 2. The van der Waals surface area contributed by atoms with E-state index in [4.69, 9.17) is 18.9 Å². The van der Waals surface area contributed by atoms with Gasteiger partial charge in [0.2, 0.25) is 0 Å². The second-order valence-corrected chi connectivity index (χ2v) is 9.81. The van der Waals surface area contributed by atoms with Gasteiger partial charge in [0.1, 0.15) is 47.2 Å². The lowest BCUT2D eigenvalue weighted by Crippen LogP contribution is -2.36. The Balaban J connectivity index is 1.68. The summed E-state index contributed by atoms with van der Waals surface area (Å²) in [6.07, 6.45) is 0.511. The van der Waals surface area contributed by atoms with Crippen molar-refractivity contribution in [2.24, 2.45) is 0 Å². The number of hydrogen-bond acceptors (Lipinski definition) is 7. The fraction of sp³-hybridized carbons (Fsp3) is 0.345. The molecule has 1 aliphatic heterocycles. The molecule has 0 fully saturated rings. The molecule has 186 valence electrons. The van der Waals surface area contributed by atoms with Gasteiger partial charge in [-0.05, 0) is 52.8 Å². The summed E-state index contributed by atoms with van der Waals surface area (Å²) in [5, 5.41) is 19.0. The van der Waals surface area contributed by atoms with Crippen LogP contribution in [0.3, 0.4) is 0 Å². The fourth-order valence-corrected chi connectivity index (χ4v) is 3.58. The van der Waals surface area contributed by atoms with E-state index in [2.05, 4.69) is 6.58 Å². The summed E-state index contributed by atoms with van der Waals surface area (Å²) in [6, 6.07) is 16.6. The number of ether oxygens (including phenoxy) is 4. The quantitative estimate of drug-likeness (QED) is 0.204. The number of fused-ring (bicyclic) bond motifs is 2. The molecule has 0 unspecified atom stereocenters. The largest absolute Gasteiger partial charge is 0.490 e. The van der Waals surface area contributed by atoms with E-state index < -0.39 is 17.2 Å². The zero-order chi connectivity index (χ0) is 26.5. The summed E-state index contributed by atoms with van der Waals surface area (Å²) in [5.74, 6) is 1.22. The van der Waals surface area contributed by atoms with E-state index in [1.807, 2.05) is 58.0 Å². The van der Waals surface area contributed by atoms with E-state index in [1.54, 1.807) is 31.2 Å². The van der Waals surface area contributed by atoms with Gasteiger partial charge in [-0.3, -0.25) is 0 Å². The van der Waals surface area contributed by atoms with Gasteiger partial charge in [0, 0.05) is 34.8 Å². The van der Waals surface area contributed by atoms with Crippen molar-refractivity contribution in [1.29, 1.82) is 10.5 Å². The standard InChI is InChI=1S/C29H30N2O5/c1-19(2)27(32)36-28(3,4)13-14-34-29(5,6)18-33-21-11-12-23-25(15-21)35-24-10-8-7-9-22(24)26(23)20(16-30)17-31/h7-12,15H,1,13-14,18H2,2-6H3. The smallest absolute Gasteiger partial charge is 0.333 e. The normalized spacial score (nSPS) is 12.2. The molecule has 0 spiro atoms. The average molecular weight is 487 g/mol. The predicted molar refractivity (Wildman–Crippen MR) is 135 cm³/mol. The van der Waals surface area contributed by atoms with Crippen LogP contribution in [0.4, 0.5) is 0 Å². The Bertz CT molecular complexity index is 1280. The van der Waals surface area contributed by atoms with Crippen molar-refractivity contribution in [2.45, 2.75) is 52.2 Å². The van der Waals surface area contributed by atoms with Crippen LogP contribution < -0.4 is 9.47 Å². The number of para-hydroxylation sites is 1. The highest BCUT2D eigenvalue weighted by Gasteiger charge is 2.28. The van der Waals surface area contributed by atoms with E-state index >= 15 is 0 Å². The summed E-state index contributed by atoms with van der Waals surface area (Å²) in [7, 11) is 0. The van der Waals surface area contributed by atoms with E-state index in [-0.39, 0.29) is 12.2 Å². The summed E-state index contributed by atoms with van der Waals surface area (Å²) >= 11 is 0. The number of hydrogen-bond donors (Lipinski definition) is 0. The maximum atomic E-state index is 11.8. The topological polar surface area (TPSA) is 102 Å². The third-order valence-corrected chi connectivity index (χ3v) is 5.57. The molecule has 7 nitrogen and oxygen atoms in total. The van der Waals surface area contributed by atoms with Gasteiger partial charge in [0.25, 0.3) is 0 Å². The van der Waals surface area contributed by atoms with Gasteiger partial charge < -0.3 is 18.9 Å². The SMILES string of the molecule is C=C(C)C(=O)OC(C)(C)CCOC(C)(C)COc1ccc2c(c1)Oc1ccccc1C2=C(C#N)C#N. The molecule has 7 heteroatoms. The van der Waals surface area contributed by atoms with E-state index in [9.17, 15) is 15.3 Å². The number of carbonyl (C=O) groups is 1. The van der Waals surface area contributed by atoms with Gasteiger partial charge in [-0.15, -0.1) is 0 Å². The minimum atomic E-state index is -0.684. The fourth-order valence-electron chi connectivity index (χ4n) is 3.58. The molecule has 0 radical (unpaired) electrons. The third-order valence-electron chi connectivity index (χ3n) is 5.57. The lowest BCUT2D eigenvalue weighted by Gasteiger charge is -2.29. The Hall–Kier alpha value is -4.07. The van der Waals surface area contributed by atoms with Crippen molar-refractivity contribution in [3.63, 3.8) is 0 Å². The molecular formula is C29H30N2O5. The highest BCUT2D eigenvalue weighted by Crippen LogP contribution is 2.46. The maximum Gasteiger partial charge on any atom is 0.333 e. The van der Waals surface area contributed by atoms with Gasteiger partial charge in [-0.1, -0.05) is 24.8 Å². The number of nitrogens with zero attached hydrogens (tertiary/aromatic N) is 2. The first kappa shape index (κ1) is 26.5. The molecule has 0 amide bonds. The molecule has 0 aliphatic carbocycles. The van der Waals surface area contributed by atoms with Crippen LogP contribution in [0.2, 0.25) is 0 Å². The van der Waals surface area contributed by atoms with Crippen molar-refractivity contribution in [3.8, 4) is 29.4 Å². The van der Waals surface area contributed by atoms with Gasteiger partial charge in [-0.2, -0.15) is 10.5 Å². The van der Waals surface area contributed by atoms with Gasteiger partial charge in [0.15, 0.2) is 0 Å². The predicted octanol–water partition coefficient (Wildman–Crippen LogP) is 6.10. The average Bonchev–Trinajstić information content (AvgIpc) is 2.82. The van der Waals surface area contributed by atoms with Gasteiger partial charge in [0.05, 0.1) is 12.2 Å². The number of allylic oxidation sites excluding steroid dienone is 1. The zero-order valence-corrected chi connectivity index (χ0v) is 21.3. The van der Waals surface area contributed by atoms with Crippen LogP contribution in [0.25, 0.3) is 5.57 Å². The van der Waals surface area contributed by atoms with Crippen molar-refractivity contribution in [2.75, 3.05) is 13.2 Å². The van der Waals surface area contributed by atoms with Crippen molar-refractivity contribution in [1.82, 2.24) is 0 Å². The molecule has 1 heterocycles. The highest BCUT2D eigenvalue weighted by molar-refractivity contribution is 5.93. The number of esters is 1. The van der Waals surface area contributed by atoms with Crippen LogP contribution in [-0.2, 0) is 14.3 Å². The van der Waals surface area contributed by atoms with Crippen LogP contribution in [-0.4, -0.2) is 30.4 Å². The highest BCUT2D eigenvalue weighted by atomic mass is 16.6. The summed E-state index contributed by atoms with van der Waals surface area (Å²) in [4.78, 5) is 11.8. The lowest BCUT2D eigenvalue weighted by molar-refractivity contribution is -0.154. The van der Waals surface area contributed by atoms with Crippen LogP contribution in [0.5, 0.6) is 17.2 Å². The van der Waals surface area contributed by atoms with E-state index in [0.29, 0.717) is 52.5 Å². The Kier molecular flexibility index (Phi) is 7.87. The Morgan fingerprint density at radius 2 is 1.67 bits per heavy atom. The monoisotopic (exact) mass is 486 g/mol. The molecule has 0 saturated carbocycles. The molecule has 1 aliphatic rings. The minimum absolute atomic E-state index is 0.0204. The lowest BCUT2D eigenvalue weighted by atomic mass is 9.90. The van der Waals surface area contributed by atoms with Crippen LogP contribution in [0.1, 0.15) is 52.2 Å². The summed E-state index contributed by atoms with van der Waals surface area (Å²) in [6.45, 7) is 13.4. The summed E-state index contributed by atoms with van der Waals surface area (Å²) in [5.41, 5.74) is 0.973. The second kappa shape index (κ2) is 10.7. The number of benzene rings is 2. The first-order chi connectivity index (χ1) is 17.0. The third kappa shape index (κ3) is 6.33. The first-order valence-corrected chi connectivity index (χ1v) is 11.6. The molecule has 36 heavy (non-hydrogen) atoms. The van der Waals surface area contributed by atoms with Crippen molar-refractivity contribution >= 4 is 11.5 Å². The Labute approximate surface area is 212 Å². The molecule has 2 aromatic rings. The Morgan fingerprint density at radius 3 is 2.33 bits per heavy atom. The second-order valence-electron chi connectivity index (χ2n) is 9.81. The van der Waals surface area contributed by atoms with Crippen molar-refractivity contribution in [3.05, 3.63) is 71.3 Å². The van der Waals surface area contributed by atoms with Crippen molar-refractivity contribution < 1.29 is 23.7 Å². The molecule has 3 rings (SSSR count). The van der Waals surface area contributed by atoms with E-state index in [1.165, 1.54) is 0 Å². The Morgan fingerprint density at radius 1 is 1.00 bits per heavy atom. The molecule has 0 aromatic heterocycles. The molecular weight excluding hydrogens is 456 g/mol. The minimum Gasteiger partial charge on any atom is -0.490 e. The molecule has 0 N–H and O–H groups in total. The number of rotatable bonds is 9. The molecule has 2 aromatic carbocycles. The molecule has 0 atom stereocenters. The van der Waals surface area contributed by atoms with E-state index in [0.717, 1.165) is 0 Å². The summed E-state index contributed by atoms with van der Waals surface area (Å²) < 4.78 is 23.5. The van der Waals surface area contributed by atoms with Crippen LogP contribution in [0, 0.1) is 22.7 Å². The van der Waals surface area contributed by atoms with Crippen LogP contribution in [0.15, 0.2) is 60.2 Å². The van der Waals surface area contributed by atoms with Crippen LogP contribution >= 0.6 is 0 Å². The maximum absolute atomic E-state index is 11.8. The molecule has 0 saturated heterocycles. The zero-order valence-electron chi connectivity index (χ0n) is 21.3. The molecule has 0 bridgehead atoms. The van der Waals surface area contributed by atoms with Gasteiger partial charge in [-0.25, -0.2) is 4.79 Å². The first-order valence-electron chi connectivity index (χ1n) is 11.6. The van der Waals surface area contributed by atoms with Gasteiger partial charge >= 0.3 is 5.97 Å². The number of carbonyl (C=O) groups excluding carboxylic acids is 1.